The van der Waals surface area contributed by atoms with Crippen molar-refractivity contribution in [2.45, 2.75) is 270 Å². The molecule has 0 aliphatic carbocycles. The van der Waals surface area contributed by atoms with Crippen molar-refractivity contribution in [1.82, 2.24) is 0 Å². The fraction of sp³-hybridized carbons (Fsp3) is 0.900. The predicted octanol–water partition coefficient (Wildman–Crippen LogP) is 14.4. The van der Waals surface area contributed by atoms with Crippen LogP contribution in [-0.2, 0) is 37.5 Å². The molecule has 1 unspecified atom stereocenters. The maximum atomic E-state index is 12.7. The number of phosphoric ester groups is 1. The minimum Gasteiger partial charge on any atom is -0.480 e. The lowest BCUT2D eigenvalue weighted by molar-refractivity contribution is -0.161. The third-order valence-corrected chi connectivity index (χ3v) is 12.5. The molecule has 12 heteroatoms. The van der Waals surface area contributed by atoms with E-state index in [1.165, 1.54) is 173 Å². The van der Waals surface area contributed by atoms with E-state index in [9.17, 15) is 23.8 Å². The zero-order chi connectivity index (χ0) is 45.6. The largest absolute Gasteiger partial charge is 0.480 e. The first-order valence-corrected chi connectivity index (χ1v) is 27.2. The van der Waals surface area contributed by atoms with Crippen molar-refractivity contribution in [3.8, 4) is 0 Å². The summed E-state index contributed by atoms with van der Waals surface area (Å²) in [4.78, 5) is 46.2. The zero-order valence-corrected chi connectivity index (χ0v) is 40.9. The van der Waals surface area contributed by atoms with Gasteiger partial charge in [0.1, 0.15) is 12.6 Å². The molecule has 0 rings (SSSR count). The molecule has 0 aromatic carbocycles. The van der Waals surface area contributed by atoms with Crippen LogP contribution in [0.4, 0.5) is 0 Å². The van der Waals surface area contributed by atoms with Crippen molar-refractivity contribution in [2.24, 2.45) is 5.73 Å². The van der Waals surface area contributed by atoms with E-state index >= 15 is 0 Å². The van der Waals surface area contributed by atoms with Crippen molar-refractivity contribution < 1.29 is 47.5 Å². The molecule has 0 spiro atoms. The van der Waals surface area contributed by atoms with Crippen LogP contribution in [0.5, 0.6) is 0 Å². The van der Waals surface area contributed by atoms with E-state index in [1.807, 2.05) is 0 Å². The van der Waals surface area contributed by atoms with Crippen molar-refractivity contribution in [3.63, 3.8) is 0 Å². The lowest BCUT2D eigenvalue weighted by Crippen LogP contribution is -2.34. The van der Waals surface area contributed by atoms with Gasteiger partial charge in [0.25, 0.3) is 0 Å². The second kappa shape index (κ2) is 45.8. The van der Waals surface area contributed by atoms with Gasteiger partial charge < -0.3 is 25.2 Å². The van der Waals surface area contributed by atoms with Gasteiger partial charge in [-0.1, -0.05) is 219 Å². The summed E-state index contributed by atoms with van der Waals surface area (Å²) in [5.74, 6) is -2.36. The van der Waals surface area contributed by atoms with E-state index in [0.717, 1.165) is 44.9 Å². The van der Waals surface area contributed by atoms with Gasteiger partial charge in [-0.25, -0.2) is 4.57 Å². The number of carboxylic acid groups (broad SMARTS) is 1. The highest BCUT2D eigenvalue weighted by molar-refractivity contribution is 7.47. The van der Waals surface area contributed by atoms with Crippen LogP contribution in [-0.4, -0.2) is 59.9 Å². The van der Waals surface area contributed by atoms with Gasteiger partial charge >= 0.3 is 25.7 Å². The average Bonchev–Trinajstić information content (AvgIpc) is 3.25. The first-order valence-electron chi connectivity index (χ1n) is 25.7. The molecule has 3 atom stereocenters. The van der Waals surface area contributed by atoms with Gasteiger partial charge in [0.05, 0.1) is 13.2 Å². The number of carbonyl (C=O) groups is 3. The molecule has 0 aromatic rings. The number of esters is 2. The Kier molecular flexibility index (Phi) is 44.5. The molecule has 0 saturated heterocycles. The predicted molar refractivity (Wildman–Crippen MR) is 254 cm³/mol. The molecule has 366 valence electrons. The van der Waals surface area contributed by atoms with E-state index in [0.29, 0.717) is 12.8 Å². The second-order valence-corrected chi connectivity index (χ2v) is 19.1. The molecule has 0 fully saturated rings. The molecule has 0 saturated carbocycles. The number of phosphoric acid groups is 1. The number of carbonyl (C=O) groups excluding carboxylic acids is 2. The van der Waals surface area contributed by atoms with Crippen molar-refractivity contribution >= 4 is 25.7 Å². The number of nitrogens with two attached hydrogens (primary N) is 1. The minimum absolute atomic E-state index is 0.167. The number of hydrogen-bond acceptors (Lipinski definition) is 9. The molecule has 0 aromatic heterocycles. The first-order chi connectivity index (χ1) is 30.1. The standard InChI is InChI=1S/C50H96NO10P/c1-3-5-7-9-11-13-15-17-19-21-23-25-27-29-31-33-35-37-39-41-48(52)58-43-46(44-59-62(56,57)60-45-47(51)50(54)55)61-49(53)42-40-38-36-34-32-30-28-26-24-22-20-18-16-14-12-10-8-6-4-2/h21,23,46-47H,3-20,22,24-45,51H2,1-2H3,(H,54,55)(H,56,57)/b23-21-/t46-,47+/m1/s1. The Morgan fingerprint density at radius 3 is 1.18 bits per heavy atom. The lowest BCUT2D eigenvalue weighted by Gasteiger charge is -2.20. The third-order valence-electron chi connectivity index (χ3n) is 11.5. The number of allylic oxidation sites excluding steroid dienone is 2. The van der Waals surface area contributed by atoms with Gasteiger partial charge in [-0.05, 0) is 38.5 Å². The Labute approximate surface area is 379 Å². The Hall–Kier alpha value is -1.78. The average molecular weight is 902 g/mol. The van der Waals surface area contributed by atoms with E-state index < -0.39 is 51.1 Å². The number of aliphatic carboxylic acids is 1. The molecule has 0 bridgehead atoms. The maximum Gasteiger partial charge on any atom is 0.472 e. The van der Waals surface area contributed by atoms with E-state index in [2.05, 4.69) is 30.5 Å². The Morgan fingerprint density at radius 2 is 0.806 bits per heavy atom. The van der Waals surface area contributed by atoms with Crippen LogP contribution in [0.3, 0.4) is 0 Å². The topological polar surface area (TPSA) is 172 Å². The van der Waals surface area contributed by atoms with Gasteiger partial charge in [0, 0.05) is 12.8 Å². The molecular formula is C50H96NO10P. The summed E-state index contributed by atoms with van der Waals surface area (Å²) in [7, 11) is -4.72. The van der Waals surface area contributed by atoms with Gasteiger partial charge in [-0.2, -0.15) is 0 Å². The van der Waals surface area contributed by atoms with Crippen LogP contribution < -0.4 is 5.73 Å². The Morgan fingerprint density at radius 1 is 0.484 bits per heavy atom. The molecule has 4 N–H and O–H groups in total. The maximum absolute atomic E-state index is 12.7. The minimum atomic E-state index is -4.72. The van der Waals surface area contributed by atoms with Crippen LogP contribution in [0.1, 0.15) is 258 Å². The lowest BCUT2D eigenvalue weighted by atomic mass is 10.0. The van der Waals surface area contributed by atoms with Crippen LogP contribution in [0.25, 0.3) is 0 Å². The van der Waals surface area contributed by atoms with E-state index in [1.54, 1.807) is 0 Å². The van der Waals surface area contributed by atoms with Crippen molar-refractivity contribution in [1.29, 1.82) is 0 Å². The number of rotatable bonds is 49. The summed E-state index contributed by atoms with van der Waals surface area (Å²) in [6.45, 7) is 2.85. The van der Waals surface area contributed by atoms with Gasteiger partial charge in [0.15, 0.2) is 6.10 Å². The second-order valence-electron chi connectivity index (χ2n) is 17.7. The molecule has 0 aliphatic rings. The Bertz CT molecular complexity index is 1110. The normalized spacial score (nSPS) is 13.6. The number of ether oxygens (including phenoxy) is 2. The van der Waals surface area contributed by atoms with Gasteiger partial charge in [0.2, 0.25) is 0 Å². The van der Waals surface area contributed by atoms with Crippen molar-refractivity contribution in [3.05, 3.63) is 12.2 Å². The number of carboxylic acids is 1. The molecule has 0 radical (unpaired) electrons. The Balaban J connectivity index is 4.22. The van der Waals surface area contributed by atoms with E-state index in [4.69, 9.17) is 24.8 Å². The zero-order valence-electron chi connectivity index (χ0n) is 40.0. The van der Waals surface area contributed by atoms with E-state index in [-0.39, 0.29) is 19.4 Å². The summed E-state index contributed by atoms with van der Waals surface area (Å²) in [5.41, 5.74) is 5.35. The molecular weight excluding hydrogens is 806 g/mol. The fourth-order valence-electron chi connectivity index (χ4n) is 7.47. The summed E-state index contributed by atoms with van der Waals surface area (Å²) in [6, 6.07) is -1.52. The third kappa shape index (κ3) is 44.8. The molecule has 11 nitrogen and oxygen atoms in total. The monoisotopic (exact) mass is 902 g/mol. The highest BCUT2D eigenvalue weighted by Crippen LogP contribution is 2.43. The van der Waals surface area contributed by atoms with Crippen LogP contribution in [0.2, 0.25) is 0 Å². The molecule has 0 aliphatic heterocycles. The number of unbranched alkanes of at least 4 members (excludes halogenated alkanes) is 33. The summed E-state index contributed by atoms with van der Waals surface area (Å²) in [5, 5.41) is 8.92. The van der Waals surface area contributed by atoms with Gasteiger partial charge in [-0.15, -0.1) is 0 Å². The molecule has 0 amide bonds. The van der Waals surface area contributed by atoms with Crippen molar-refractivity contribution in [2.75, 3.05) is 19.8 Å². The summed E-state index contributed by atoms with van der Waals surface area (Å²) in [6.07, 6.45) is 48.4. The smallest absolute Gasteiger partial charge is 0.472 e. The van der Waals surface area contributed by atoms with Crippen LogP contribution >= 0.6 is 7.82 Å². The van der Waals surface area contributed by atoms with Gasteiger partial charge in [-0.3, -0.25) is 23.4 Å². The summed E-state index contributed by atoms with van der Waals surface area (Å²) >= 11 is 0. The van der Waals surface area contributed by atoms with Crippen LogP contribution in [0, 0.1) is 0 Å². The highest BCUT2D eigenvalue weighted by atomic mass is 31.2. The first kappa shape index (κ1) is 60.2. The molecule has 62 heavy (non-hydrogen) atoms. The SMILES string of the molecule is CCCCCCCCCC/C=C\CCCCCCCCCC(=O)OC[C@H](COP(=O)(O)OC[C@H](N)C(=O)O)OC(=O)CCCCCCCCCCCCCCCCCCCCC. The summed E-state index contributed by atoms with van der Waals surface area (Å²) < 4.78 is 32.9. The quantitative estimate of drug-likeness (QED) is 0.0230. The number of hydrogen-bond donors (Lipinski definition) is 3. The molecule has 0 heterocycles. The van der Waals surface area contributed by atoms with Crippen LogP contribution in [0.15, 0.2) is 12.2 Å². The fourth-order valence-corrected chi connectivity index (χ4v) is 8.25. The highest BCUT2D eigenvalue weighted by Gasteiger charge is 2.28.